The molecule has 1 N–H and O–H groups in total. The first-order chi connectivity index (χ1) is 10.1. The molecule has 0 radical (unpaired) electrons. The van der Waals surface area contributed by atoms with E-state index in [9.17, 15) is 5.11 Å². The third-order valence-electron chi connectivity index (χ3n) is 3.65. The number of ether oxygens (including phenoxy) is 3. The molecule has 120 valence electrons. The smallest absolute Gasteiger partial charge is 0.161 e. The Hall–Kier alpha value is -1.26. The Morgan fingerprint density at radius 2 is 1.86 bits per heavy atom. The van der Waals surface area contributed by atoms with Crippen molar-refractivity contribution in [2.45, 2.75) is 26.7 Å². The van der Waals surface area contributed by atoms with Crippen LogP contribution in [0.15, 0.2) is 18.2 Å². The van der Waals surface area contributed by atoms with Crippen LogP contribution in [0, 0.1) is 11.8 Å². The normalized spacial score (nSPS) is 12.5. The summed E-state index contributed by atoms with van der Waals surface area (Å²) >= 11 is 0. The summed E-state index contributed by atoms with van der Waals surface area (Å²) in [5.74, 6) is 2.20. The van der Waals surface area contributed by atoms with E-state index in [-0.39, 0.29) is 12.5 Å². The second-order valence-electron chi connectivity index (χ2n) is 5.57. The van der Waals surface area contributed by atoms with Crippen molar-refractivity contribution in [3.63, 3.8) is 0 Å². The van der Waals surface area contributed by atoms with Crippen LogP contribution in [0.1, 0.15) is 25.8 Å². The lowest BCUT2D eigenvalue weighted by Crippen LogP contribution is -2.16. The van der Waals surface area contributed by atoms with E-state index in [2.05, 4.69) is 13.8 Å². The van der Waals surface area contributed by atoms with Gasteiger partial charge in [-0.2, -0.15) is 0 Å². The standard InChI is InChI=1S/C17H28O4/c1-13(2)15(12-18)10-14-6-7-16(20-4)17(11-14)21-9-5-8-19-3/h6-7,11,13,15,18H,5,8-10,12H2,1-4H3/t15-/m1/s1. The second kappa shape index (κ2) is 9.64. The summed E-state index contributed by atoms with van der Waals surface area (Å²) in [5, 5.41) is 9.46. The molecular formula is C17H28O4. The fraction of sp³-hybridized carbons (Fsp3) is 0.647. The maximum absolute atomic E-state index is 9.46. The predicted octanol–water partition coefficient (Wildman–Crippen LogP) is 2.92. The van der Waals surface area contributed by atoms with Crippen molar-refractivity contribution < 1.29 is 19.3 Å². The number of rotatable bonds is 10. The van der Waals surface area contributed by atoms with Gasteiger partial charge in [0.1, 0.15) is 0 Å². The van der Waals surface area contributed by atoms with E-state index in [0.717, 1.165) is 29.9 Å². The minimum atomic E-state index is 0.202. The summed E-state index contributed by atoms with van der Waals surface area (Å²) < 4.78 is 16.1. The summed E-state index contributed by atoms with van der Waals surface area (Å²) in [6.07, 6.45) is 1.68. The van der Waals surface area contributed by atoms with Crippen LogP contribution < -0.4 is 9.47 Å². The lowest BCUT2D eigenvalue weighted by atomic mass is 9.90. The van der Waals surface area contributed by atoms with Crippen LogP contribution in [0.25, 0.3) is 0 Å². The van der Waals surface area contributed by atoms with Crippen molar-refractivity contribution >= 4 is 0 Å². The van der Waals surface area contributed by atoms with Gasteiger partial charge in [-0.15, -0.1) is 0 Å². The van der Waals surface area contributed by atoms with Crippen molar-refractivity contribution in [3.8, 4) is 11.5 Å². The molecule has 0 heterocycles. The molecular weight excluding hydrogens is 268 g/mol. The molecule has 0 aliphatic heterocycles. The lowest BCUT2D eigenvalue weighted by molar-refractivity contribution is 0.170. The molecule has 0 amide bonds. The molecule has 0 aromatic heterocycles. The quantitative estimate of drug-likeness (QED) is 0.674. The summed E-state index contributed by atoms with van der Waals surface area (Å²) in [6.45, 7) is 5.75. The van der Waals surface area contributed by atoms with Crippen LogP contribution in [0.2, 0.25) is 0 Å². The monoisotopic (exact) mass is 296 g/mol. The number of aliphatic hydroxyl groups excluding tert-OH is 1. The second-order valence-corrected chi connectivity index (χ2v) is 5.57. The Bertz CT molecular complexity index is 404. The first-order valence-electron chi connectivity index (χ1n) is 7.51. The van der Waals surface area contributed by atoms with E-state index in [0.29, 0.717) is 19.1 Å². The fourth-order valence-corrected chi connectivity index (χ4v) is 2.16. The fourth-order valence-electron chi connectivity index (χ4n) is 2.16. The van der Waals surface area contributed by atoms with Crippen LogP contribution >= 0.6 is 0 Å². The molecule has 0 aliphatic rings. The number of methoxy groups -OCH3 is 2. The van der Waals surface area contributed by atoms with Gasteiger partial charge in [0.25, 0.3) is 0 Å². The van der Waals surface area contributed by atoms with Gasteiger partial charge < -0.3 is 19.3 Å². The summed E-state index contributed by atoms with van der Waals surface area (Å²) in [5.41, 5.74) is 1.16. The first-order valence-corrected chi connectivity index (χ1v) is 7.51. The molecule has 0 bridgehead atoms. The van der Waals surface area contributed by atoms with E-state index in [1.165, 1.54) is 0 Å². The summed E-state index contributed by atoms with van der Waals surface area (Å²) in [7, 11) is 3.32. The molecule has 21 heavy (non-hydrogen) atoms. The first kappa shape index (κ1) is 17.8. The number of hydrogen-bond donors (Lipinski definition) is 1. The van der Waals surface area contributed by atoms with Gasteiger partial charge in [0.05, 0.1) is 13.7 Å². The van der Waals surface area contributed by atoms with Crippen molar-refractivity contribution in [2.24, 2.45) is 11.8 Å². The molecule has 1 aromatic rings. The summed E-state index contributed by atoms with van der Waals surface area (Å²) in [4.78, 5) is 0. The zero-order valence-corrected chi connectivity index (χ0v) is 13.6. The highest BCUT2D eigenvalue weighted by molar-refractivity contribution is 5.43. The predicted molar refractivity (Wildman–Crippen MR) is 84.1 cm³/mol. The molecule has 1 rings (SSSR count). The van der Waals surface area contributed by atoms with E-state index < -0.39 is 0 Å². The zero-order chi connectivity index (χ0) is 15.7. The Labute approximate surface area is 128 Å². The molecule has 0 unspecified atom stereocenters. The van der Waals surface area contributed by atoms with Gasteiger partial charge in [-0.3, -0.25) is 0 Å². The van der Waals surface area contributed by atoms with Gasteiger partial charge in [-0.05, 0) is 36.0 Å². The van der Waals surface area contributed by atoms with Crippen LogP contribution in [0.4, 0.5) is 0 Å². The van der Waals surface area contributed by atoms with Gasteiger partial charge in [-0.25, -0.2) is 0 Å². The van der Waals surface area contributed by atoms with Crippen molar-refractivity contribution in [2.75, 3.05) is 34.0 Å². The molecule has 0 saturated heterocycles. The van der Waals surface area contributed by atoms with E-state index >= 15 is 0 Å². The van der Waals surface area contributed by atoms with Crippen molar-refractivity contribution in [1.82, 2.24) is 0 Å². The Kier molecular flexibility index (Phi) is 8.16. The van der Waals surface area contributed by atoms with Gasteiger partial charge in [0.2, 0.25) is 0 Å². The molecule has 0 saturated carbocycles. The maximum Gasteiger partial charge on any atom is 0.161 e. The molecule has 0 fully saturated rings. The Morgan fingerprint density at radius 1 is 1.10 bits per heavy atom. The number of hydrogen-bond acceptors (Lipinski definition) is 4. The summed E-state index contributed by atoms with van der Waals surface area (Å²) in [6, 6.07) is 5.97. The highest BCUT2D eigenvalue weighted by Gasteiger charge is 2.14. The van der Waals surface area contributed by atoms with Crippen molar-refractivity contribution in [1.29, 1.82) is 0 Å². The Morgan fingerprint density at radius 3 is 2.43 bits per heavy atom. The molecule has 0 spiro atoms. The molecule has 4 nitrogen and oxygen atoms in total. The number of aliphatic hydroxyl groups is 1. The topological polar surface area (TPSA) is 47.9 Å². The molecule has 4 heteroatoms. The number of benzene rings is 1. The minimum absolute atomic E-state index is 0.202. The highest BCUT2D eigenvalue weighted by atomic mass is 16.5. The average molecular weight is 296 g/mol. The van der Waals surface area contributed by atoms with Gasteiger partial charge in [0, 0.05) is 26.7 Å². The molecule has 1 atom stereocenters. The maximum atomic E-state index is 9.46. The zero-order valence-electron chi connectivity index (χ0n) is 13.6. The van der Waals surface area contributed by atoms with Gasteiger partial charge in [0.15, 0.2) is 11.5 Å². The van der Waals surface area contributed by atoms with Crippen LogP contribution in [0.3, 0.4) is 0 Å². The largest absolute Gasteiger partial charge is 0.493 e. The average Bonchev–Trinajstić information content (AvgIpc) is 2.49. The van der Waals surface area contributed by atoms with Crippen LogP contribution in [-0.4, -0.2) is 39.1 Å². The lowest BCUT2D eigenvalue weighted by Gasteiger charge is -2.19. The van der Waals surface area contributed by atoms with Crippen LogP contribution in [-0.2, 0) is 11.2 Å². The van der Waals surface area contributed by atoms with Crippen LogP contribution in [0.5, 0.6) is 11.5 Å². The van der Waals surface area contributed by atoms with Gasteiger partial charge >= 0.3 is 0 Å². The van der Waals surface area contributed by atoms with E-state index in [1.807, 2.05) is 18.2 Å². The third kappa shape index (κ3) is 5.94. The Balaban J connectivity index is 2.74. The third-order valence-corrected chi connectivity index (χ3v) is 3.65. The minimum Gasteiger partial charge on any atom is -0.493 e. The van der Waals surface area contributed by atoms with E-state index in [1.54, 1.807) is 14.2 Å². The SMILES string of the molecule is COCCCOc1cc(C[C@H](CO)C(C)C)ccc1OC. The van der Waals surface area contributed by atoms with E-state index in [4.69, 9.17) is 14.2 Å². The van der Waals surface area contributed by atoms with Crippen molar-refractivity contribution in [3.05, 3.63) is 23.8 Å². The van der Waals surface area contributed by atoms with Gasteiger partial charge in [-0.1, -0.05) is 19.9 Å². The molecule has 0 aliphatic carbocycles. The molecule has 1 aromatic carbocycles. The highest BCUT2D eigenvalue weighted by Crippen LogP contribution is 2.30.